The Kier molecular flexibility index (Phi) is 4.38. The zero-order chi connectivity index (χ0) is 12.1. The van der Waals surface area contributed by atoms with Crippen LogP contribution in [0.3, 0.4) is 0 Å². The van der Waals surface area contributed by atoms with E-state index in [1.807, 2.05) is 30.3 Å². The van der Waals surface area contributed by atoms with Crippen LogP contribution in [0.2, 0.25) is 0 Å². The molecule has 1 aliphatic rings. The third kappa shape index (κ3) is 4.27. The van der Waals surface area contributed by atoms with Crippen LogP contribution in [0.4, 0.5) is 0 Å². The average molecular weight is 254 g/mol. The molecule has 1 aliphatic carbocycles. The van der Waals surface area contributed by atoms with Crippen LogP contribution in [0.15, 0.2) is 30.3 Å². The van der Waals surface area contributed by atoms with Crippen molar-refractivity contribution in [2.24, 2.45) is 0 Å². The summed E-state index contributed by atoms with van der Waals surface area (Å²) in [6.07, 6.45) is 5.35. The molecule has 1 aromatic rings. The van der Waals surface area contributed by atoms with Gasteiger partial charge in [0, 0.05) is 0 Å². The molecule has 3 nitrogen and oxygen atoms in total. The number of hydrogen-bond acceptors (Lipinski definition) is 2. The van der Waals surface area contributed by atoms with Gasteiger partial charge in [0.25, 0.3) is 0 Å². The zero-order valence-electron chi connectivity index (χ0n) is 9.92. The minimum atomic E-state index is -3.48. The molecule has 17 heavy (non-hydrogen) atoms. The summed E-state index contributed by atoms with van der Waals surface area (Å²) in [7, 11) is -3.48. The molecule has 4 heteroatoms. The Labute approximate surface area is 102 Å². The van der Waals surface area contributed by atoms with Gasteiger partial charge in [-0.25, -0.2) is 0 Å². The van der Waals surface area contributed by atoms with E-state index in [4.69, 9.17) is 4.52 Å². The molecule has 0 amide bonds. The molecule has 0 aliphatic heterocycles. The number of rotatable bonds is 4. The van der Waals surface area contributed by atoms with Crippen LogP contribution in [0.25, 0.3) is 0 Å². The second-order valence-electron chi connectivity index (χ2n) is 4.65. The van der Waals surface area contributed by atoms with Gasteiger partial charge in [-0.2, -0.15) is 0 Å². The normalized spacial score (nSPS) is 21.0. The molecule has 2 rings (SSSR count). The van der Waals surface area contributed by atoms with E-state index in [1.165, 1.54) is 6.42 Å². The fourth-order valence-corrected chi connectivity index (χ4v) is 3.68. The van der Waals surface area contributed by atoms with Crippen LogP contribution >= 0.6 is 7.60 Å². The van der Waals surface area contributed by atoms with Crippen molar-refractivity contribution >= 4 is 7.60 Å². The summed E-state index contributed by atoms with van der Waals surface area (Å²) in [5.74, 6) is 0. The quantitative estimate of drug-likeness (QED) is 0.833. The molecule has 0 bridgehead atoms. The summed E-state index contributed by atoms with van der Waals surface area (Å²) in [4.78, 5) is 9.85. The molecular formula is C13H19O3P. The van der Waals surface area contributed by atoms with Gasteiger partial charge >= 0.3 is 7.60 Å². The van der Waals surface area contributed by atoms with Gasteiger partial charge in [0.15, 0.2) is 0 Å². The Morgan fingerprint density at radius 1 is 1.18 bits per heavy atom. The van der Waals surface area contributed by atoms with Crippen molar-refractivity contribution < 1.29 is 14.0 Å². The first-order valence-corrected chi connectivity index (χ1v) is 7.96. The molecule has 1 saturated carbocycles. The maximum absolute atomic E-state index is 12.0. The lowest BCUT2D eigenvalue weighted by Gasteiger charge is -2.24. The van der Waals surface area contributed by atoms with Crippen LogP contribution in [-0.4, -0.2) is 11.0 Å². The van der Waals surface area contributed by atoms with Gasteiger partial charge in [-0.1, -0.05) is 49.6 Å². The Bertz CT molecular complexity index is 385. The van der Waals surface area contributed by atoms with Gasteiger partial charge in [-0.15, -0.1) is 0 Å². The second-order valence-corrected chi connectivity index (χ2v) is 6.45. The molecule has 1 fully saturated rings. The van der Waals surface area contributed by atoms with E-state index >= 15 is 0 Å². The lowest BCUT2D eigenvalue weighted by atomic mass is 9.98. The fourth-order valence-electron chi connectivity index (χ4n) is 2.25. The van der Waals surface area contributed by atoms with E-state index in [0.29, 0.717) is 0 Å². The van der Waals surface area contributed by atoms with Crippen LogP contribution in [-0.2, 0) is 15.3 Å². The highest BCUT2D eigenvalue weighted by atomic mass is 31.2. The van der Waals surface area contributed by atoms with E-state index in [9.17, 15) is 9.46 Å². The van der Waals surface area contributed by atoms with Crippen molar-refractivity contribution in [2.45, 2.75) is 44.4 Å². The molecule has 1 unspecified atom stereocenters. The molecule has 0 aromatic heterocycles. The first kappa shape index (κ1) is 12.8. The Morgan fingerprint density at radius 2 is 1.82 bits per heavy atom. The summed E-state index contributed by atoms with van der Waals surface area (Å²) < 4.78 is 17.4. The predicted molar refractivity (Wildman–Crippen MR) is 67.9 cm³/mol. The van der Waals surface area contributed by atoms with Crippen molar-refractivity contribution in [3.8, 4) is 0 Å². The first-order valence-electron chi connectivity index (χ1n) is 6.20. The van der Waals surface area contributed by atoms with Gasteiger partial charge in [0.1, 0.15) is 0 Å². The van der Waals surface area contributed by atoms with Crippen LogP contribution in [0.1, 0.15) is 37.7 Å². The molecule has 94 valence electrons. The fraction of sp³-hybridized carbons (Fsp3) is 0.538. The monoisotopic (exact) mass is 254 g/mol. The Balaban J connectivity index is 1.92. The smallest absolute Gasteiger partial charge is 0.324 e. The Morgan fingerprint density at radius 3 is 2.47 bits per heavy atom. The Hall–Kier alpha value is -0.630. The SMILES string of the molecule is O=P(O)(Cc1ccccc1)OC1CCCCC1. The largest absolute Gasteiger partial charge is 0.332 e. The molecule has 0 heterocycles. The summed E-state index contributed by atoms with van der Waals surface area (Å²) in [5, 5.41) is 0. The maximum Gasteiger partial charge on any atom is 0.332 e. The van der Waals surface area contributed by atoms with E-state index in [2.05, 4.69) is 0 Å². The molecule has 0 saturated heterocycles. The van der Waals surface area contributed by atoms with Gasteiger partial charge in [0.05, 0.1) is 12.3 Å². The van der Waals surface area contributed by atoms with Crippen LogP contribution < -0.4 is 0 Å². The maximum atomic E-state index is 12.0. The third-order valence-corrected chi connectivity index (χ3v) is 4.48. The summed E-state index contributed by atoms with van der Waals surface area (Å²) in [6.45, 7) is 0. The lowest BCUT2D eigenvalue weighted by molar-refractivity contribution is 0.134. The molecule has 1 atom stereocenters. The zero-order valence-corrected chi connectivity index (χ0v) is 10.8. The van der Waals surface area contributed by atoms with E-state index in [0.717, 1.165) is 31.2 Å². The highest BCUT2D eigenvalue weighted by molar-refractivity contribution is 7.51. The topological polar surface area (TPSA) is 46.5 Å². The minimum absolute atomic E-state index is 0.0247. The number of benzene rings is 1. The molecular weight excluding hydrogens is 235 g/mol. The molecule has 0 spiro atoms. The van der Waals surface area contributed by atoms with Crippen LogP contribution in [0, 0.1) is 0 Å². The highest BCUT2D eigenvalue weighted by Crippen LogP contribution is 2.48. The summed E-state index contributed by atoms with van der Waals surface area (Å²) in [6, 6.07) is 9.35. The standard InChI is InChI=1S/C13H19O3P/c14-17(15,11-12-7-3-1-4-8-12)16-13-9-5-2-6-10-13/h1,3-4,7-8,13H,2,5-6,9-11H2,(H,14,15). The molecule has 1 aromatic carbocycles. The minimum Gasteiger partial charge on any atom is -0.324 e. The van der Waals surface area contributed by atoms with E-state index < -0.39 is 7.60 Å². The second kappa shape index (κ2) is 5.81. The third-order valence-electron chi connectivity index (χ3n) is 3.09. The van der Waals surface area contributed by atoms with Crippen molar-refractivity contribution in [2.75, 3.05) is 0 Å². The van der Waals surface area contributed by atoms with Gasteiger partial charge < -0.3 is 9.42 Å². The van der Waals surface area contributed by atoms with Gasteiger partial charge in [-0.05, 0) is 18.4 Å². The molecule has 1 N–H and O–H groups in total. The van der Waals surface area contributed by atoms with Gasteiger partial charge in [-0.3, -0.25) is 4.57 Å². The van der Waals surface area contributed by atoms with E-state index in [1.54, 1.807) is 0 Å². The molecule has 0 radical (unpaired) electrons. The van der Waals surface area contributed by atoms with Crippen molar-refractivity contribution in [1.82, 2.24) is 0 Å². The van der Waals surface area contributed by atoms with Gasteiger partial charge in [0.2, 0.25) is 0 Å². The van der Waals surface area contributed by atoms with Crippen molar-refractivity contribution in [3.05, 3.63) is 35.9 Å². The average Bonchev–Trinajstić information content (AvgIpc) is 2.30. The van der Waals surface area contributed by atoms with Crippen molar-refractivity contribution in [1.29, 1.82) is 0 Å². The van der Waals surface area contributed by atoms with E-state index in [-0.39, 0.29) is 12.3 Å². The predicted octanol–water partition coefficient (Wildman–Crippen LogP) is 3.72. The highest BCUT2D eigenvalue weighted by Gasteiger charge is 2.26. The van der Waals surface area contributed by atoms with Crippen molar-refractivity contribution in [3.63, 3.8) is 0 Å². The summed E-state index contributed by atoms with van der Waals surface area (Å²) >= 11 is 0. The lowest BCUT2D eigenvalue weighted by Crippen LogP contribution is -2.15. The number of hydrogen-bond donors (Lipinski definition) is 1. The van der Waals surface area contributed by atoms with Crippen LogP contribution in [0.5, 0.6) is 0 Å². The summed E-state index contributed by atoms with van der Waals surface area (Å²) in [5.41, 5.74) is 0.856. The first-order chi connectivity index (χ1) is 8.16.